The molecule has 0 fully saturated rings. The van der Waals surface area contributed by atoms with Gasteiger partial charge in [0.1, 0.15) is 11.4 Å². The molecule has 1 aliphatic heterocycles. The molecular formula is C13H15BrO3. The smallest absolute Gasteiger partial charge is 0.348 e. The van der Waals surface area contributed by atoms with Gasteiger partial charge in [-0.15, -0.1) is 0 Å². The van der Waals surface area contributed by atoms with Crippen LogP contribution in [-0.4, -0.2) is 17.7 Å². The second kappa shape index (κ2) is 4.33. The van der Waals surface area contributed by atoms with Gasteiger partial charge in [0.2, 0.25) is 0 Å². The third-order valence-corrected chi connectivity index (χ3v) is 3.01. The van der Waals surface area contributed by atoms with Crippen LogP contribution in [0.3, 0.4) is 0 Å². The Bertz CT molecular complexity index is 448. The monoisotopic (exact) mass is 298 g/mol. The second-order valence-corrected chi connectivity index (χ2v) is 5.93. The fraction of sp³-hybridized carbons (Fsp3) is 0.462. The molecule has 0 N–H and O–H groups in total. The van der Waals surface area contributed by atoms with Gasteiger partial charge in [0.25, 0.3) is 0 Å². The SMILES string of the molecule is CC(C)(C)OC(=O)C1Cc2cccc(Br)c2O1. The number of esters is 1. The molecule has 1 aromatic carbocycles. The summed E-state index contributed by atoms with van der Waals surface area (Å²) in [5, 5.41) is 0. The summed E-state index contributed by atoms with van der Waals surface area (Å²) < 4.78 is 11.8. The lowest BCUT2D eigenvalue weighted by Crippen LogP contribution is -2.34. The molecule has 1 atom stereocenters. The van der Waals surface area contributed by atoms with Crippen molar-refractivity contribution in [3.8, 4) is 5.75 Å². The lowest BCUT2D eigenvalue weighted by Gasteiger charge is -2.21. The average molecular weight is 299 g/mol. The maximum Gasteiger partial charge on any atom is 0.348 e. The molecule has 1 unspecified atom stereocenters. The Labute approximate surface area is 109 Å². The third kappa shape index (κ3) is 2.80. The summed E-state index contributed by atoms with van der Waals surface area (Å²) >= 11 is 3.41. The van der Waals surface area contributed by atoms with Crippen molar-refractivity contribution in [1.82, 2.24) is 0 Å². The molecule has 4 heteroatoms. The second-order valence-electron chi connectivity index (χ2n) is 5.07. The molecular weight excluding hydrogens is 284 g/mol. The van der Waals surface area contributed by atoms with Crippen molar-refractivity contribution in [2.24, 2.45) is 0 Å². The average Bonchev–Trinajstić information content (AvgIpc) is 2.60. The standard InChI is InChI=1S/C13H15BrO3/c1-13(2,3)17-12(15)10-7-8-5-4-6-9(14)11(8)16-10/h4-6,10H,7H2,1-3H3. The van der Waals surface area contributed by atoms with Gasteiger partial charge in [0.05, 0.1) is 4.47 Å². The number of fused-ring (bicyclic) bond motifs is 1. The normalized spacial score (nSPS) is 18.5. The first-order chi connectivity index (χ1) is 7.87. The van der Waals surface area contributed by atoms with Crippen LogP contribution in [0.25, 0.3) is 0 Å². The van der Waals surface area contributed by atoms with Crippen molar-refractivity contribution in [3.05, 3.63) is 28.2 Å². The quantitative estimate of drug-likeness (QED) is 0.748. The van der Waals surface area contributed by atoms with Crippen LogP contribution in [0.1, 0.15) is 26.3 Å². The van der Waals surface area contributed by atoms with E-state index < -0.39 is 11.7 Å². The van der Waals surface area contributed by atoms with Crippen LogP contribution in [-0.2, 0) is 16.0 Å². The first kappa shape index (κ1) is 12.4. The molecule has 0 aliphatic carbocycles. The molecule has 0 amide bonds. The molecule has 0 aromatic heterocycles. The first-order valence-corrected chi connectivity index (χ1v) is 6.33. The minimum Gasteiger partial charge on any atom is -0.477 e. The number of rotatable bonds is 1. The van der Waals surface area contributed by atoms with Crippen LogP contribution in [0.2, 0.25) is 0 Å². The number of para-hydroxylation sites is 1. The molecule has 92 valence electrons. The Morgan fingerprint density at radius 2 is 2.18 bits per heavy atom. The molecule has 2 rings (SSSR count). The number of ether oxygens (including phenoxy) is 2. The summed E-state index contributed by atoms with van der Waals surface area (Å²) in [6, 6.07) is 5.80. The van der Waals surface area contributed by atoms with E-state index >= 15 is 0 Å². The van der Waals surface area contributed by atoms with Crippen molar-refractivity contribution in [1.29, 1.82) is 0 Å². The van der Waals surface area contributed by atoms with Gasteiger partial charge >= 0.3 is 5.97 Å². The number of carbonyl (C=O) groups is 1. The highest BCUT2D eigenvalue weighted by atomic mass is 79.9. The van der Waals surface area contributed by atoms with Crippen molar-refractivity contribution < 1.29 is 14.3 Å². The van der Waals surface area contributed by atoms with Crippen LogP contribution in [0, 0.1) is 0 Å². The maximum absolute atomic E-state index is 11.9. The molecule has 1 aromatic rings. The molecule has 3 nitrogen and oxygen atoms in total. The number of hydrogen-bond acceptors (Lipinski definition) is 3. The van der Waals surface area contributed by atoms with Crippen LogP contribution < -0.4 is 4.74 Å². The summed E-state index contributed by atoms with van der Waals surface area (Å²) in [7, 11) is 0. The van der Waals surface area contributed by atoms with Crippen molar-refractivity contribution in [2.75, 3.05) is 0 Å². The highest BCUT2D eigenvalue weighted by Gasteiger charge is 2.33. The van der Waals surface area contributed by atoms with Crippen LogP contribution in [0.4, 0.5) is 0 Å². The van der Waals surface area contributed by atoms with Crippen LogP contribution >= 0.6 is 15.9 Å². The fourth-order valence-corrected chi connectivity index (χ4v) is 2.23. The molecule has 1 heterocycles. The fourth-order valence-electron chi connectivity index (χ4n) is 1.73. The van der Waals surface area contributed by atoms with Gasteiger partial charge in [-0.3, -0.25) is 0 Å². The molecule has 0 saturated heterocycles. The minimum absolute atomic E-state index is 0.305. The summed E-state index contributed by atoms with van der Waals surface area (Å²) in [4.78, 5) is 11.9. The molecule has 0 spiro atoms. The summed E-state index contributed by atoms with van der Waals surface area (Å²) in [5.74, 6) is 0.448. The molecule has 0 saturated carbocycles. The van der Waals surface area contributed by atoms with Crippen LogP contribution in [0.15, 0.2) is 22.7 Å². The zero-order chi connectivity index (χ0) is 12.6. The lowest BCUT2D eigenvalue weighted by atomic mass is 10.1. The van der Waals surface area contributed by atoms with Gasteiger partial charge in [-0.2, -0.15) is 0 Å². The molecule has 0 radical (unpaired) electrons. The zero-order valence-corrected chi connectivity index (χ0v) is 11.7. The first-order valence-electron chi connectivity index (χ1n) is 5.54. The number of benzene rings is 1. The Morgan fingerprint density at radius 1 is 1.47 bits per heavy atom. The van der Waals surface area contributed by atoms with Crippen molar-refractivity contribution in [3.63, 3.8) is 0 Å². The topological polar surface area (TPSA) is 35.5 Å². The van der Waals surface area contributed by atoms with E-state index in [1.165, 1.54) is 0 Å². The summed E-state index contributed by atoms with van der Waals surface area (Å²) in [6.45, 7) is 5.55. The summed E-state index contributed by atoms with van der Waals surface area (Å²) in [6.07, 6.45) is 0.0480. The van der Waals surface area contributed by atoms with Gasteiger partial charge < -0.3 is 9.47 Å². The van der Waals surface area contributed by atoms with E-state index in [1.54, 1.807) is 0 Å². The largest absolute Gasteiger partial charge is 0.477 e. The van der Waals surface area contributed by atoms with E-state index in [0.717, 1.165) is 15.8 Å². The van der Waals surface area contributed by atoms with E-state index in [2.05, 4.69) is 15.9 Å². The molecule has 17 heavy (non-hydrogen) atoms. The minimum atomic E-state index is -0.525. The van der Waals surface area contributed by atoms with E-state index in [-0.39, 0.29) is 5.97 Å². The number of hydrogen-bond donors (Lipinski definition) is 0. The number of carbonyl (C=O) groups excluding carboxylic acids is 1. The molecule has 0 bridgehead atoms. The summed E-state index contributed by atoms with van der Waals surface area (Å²) in [5.41, 5.74) is 0.558. The van der Waals surface area contributed by atoms with Gasteiger partial charge in [-0.1, -0.05) is 12.1 Å². The zero-order valence-electron chi connectivity index (χ0n) is 10.1. The van der Waals surface area contributed by atoms with Crippen molar-refractivity contribution >= 4 is 21.9 Å². The van der Waals surface area contributed by atoms with Gasteiger partial charge in [-0.25, -0.2) is 4.79 Å². The highest BCUT2D eigenvalue weighted by molar-refractivity contribution is 9.10. The highest BCUT2D eigenvalue weighted by Crippen LogP contribution is 2.36. The van der Waals surface area contributed by atoms with E-state index in [0.29, 0.717) is 6.42 Å². The Morgan fingerprint density at radius 3 is 2.76 bits per heavy atom. The molecule has 1 aliphatic rings. The number of halogens is 1. The van der Waals surface area contributed by atoms with Crippen LogP contribution in [0.5, 0.6) is 5.75 Å². The lowest BCUT2D eigenvalue weighted by molar-refractivity contribution is -0.162. The predicted octanol–water partition coefficient (Wildman–Crippen LogP) is 3.09. The Kier molecular flexibility index (Phi) is 3.17. The van der Waals surface area contributed by atoms with E-state index in [4.69, 9.17) is 9.47 Å². The maximum atomic E-state index is 11.9. The predicted molar refractivity (Wildman–Crippen MR) is 68.1 cm³/mol. The Balaban J connectivity index is 2.10. The Hall–Kier alpha value is -1.03. The van der Waals surface area contributed by atoms with E-state index in [1.807, 2.05) is 39.0 Å². The van der Waals surface area contributed by atoms with Gasteiger partial charge in [0, 0.05) is 6.42 Å². The van der Waals surface area contributed by atoms with Gasteiger partial charge in [-0.05, 0) is 48.3 Å². The van der Waals surface area contributed by atoms with Crippen molar-refractivity contribution in [2.45, 2.75) is 38.9 Å². The van der Waals surface area contributed by atoms with E-state index in [9.17, 15) is 4.79 Å². The van der Waals surface area contributed by atoms with Gasteiger partial charge in [0.15, 0.2) is 6.10 Å². The third-order valence-electron chi connectivity index (χ3n) is 2.38.